The number of benzene rings is 1. The summed E-state index contributed by atoms with van der Waals surface area (Å²) >= 11 is 0. The van der Waals surface area contributed by atoms with Crippen LogP contribution in [0.25, 0.3) is 0 Å². The topological polar surface area (TPSA) is 35.2 Å². The minimum Gasteiger partial charge on any atom is -0.300 e. The van der Waals surface area contributed by atoms with Crippen molar-refractivity contribution < 1.29 is 9.23 Å². The van der Waals surface area contributed by atoms with Crippen molar-refractivity contribution in [3.63, 3.8) is 0 Å². The average molecular weight is 183 g/mol. The van der Waals surface area contributed by atoms with Gasteiger partial charge in [0.25, 0.3) is 0 Å². The Kier molecular flexibility index (Phi) is 3.39. The maximum absolute atomic E-state index is 13.0. The quantitative estimate of drug-likeness (QED) is 0.730. The Balaban J connectivity index is 2.96. The van der Waals surface area contributed by atoms with Gasteiger partial charge in [-0.05, 0) is 29.2 Å². The van der Waals surface area contributed by atoms with Crippen LogP contribution in [0.15, 0.2) is 18.2 Å². The Morgan fingerprint density at radius 2 is 2.08 bits per heavy atom. The third-order valence-electron chi connectivity index (χ3n) is 1.90. The molecule has 0 aliphatic heterocycles. The SMILES string of the molecule is CC(C)c1cc(F)cc(CON)c1. The minimum absolute atomic E-state index is 0.238. The van der Waals surface area contributed by atoms with Crippen LogP contribution in [-0.4, -0.2) is 0 Å². The van der Waals surface area contributed by atoms with Gasteiger partial charge in [0.1, 0.15) is 5.82 Å². The lowest BCUT2D eigenvalue weighted by molar-refractivity contribution is 0.124. The van der Waals surface area contributed by atoms with Crippen molar-refractivity contribution in [1.82, 2.24) is 0 Å². The van der Waals surface area contributed by atoms with E-state index in [1.165, 1.54) is 12.1 Å². The molecule has 0 aliphatic rings. The molecule has 0 aromatic heterocycles. The third kappa shape index (κ3) is 2.79. The van der Waals surface area contributed by atoms with E-state index in [0.29, 0.717) is 5.92 Å². The molecule has 1 aromatic carbocycles. The van der Waals surface area contributed by atoms with E-state index < -0.39 is 0 Å². The van der Waals surface area contributed by atoms with Gasteiger partial charge >= 0.3 is 0 Å². The van der Waals surface area contributed by atoms with E-state index in [4.69, 9.17) is 5.90 Å². The Bertz CT molecular complexity index is 286. The second kappa shape index (κ2) is 4.35. The fourth-order valence-electron chi connectivity index (χ4n) is 1.19. The van der Waals surface area contributed by atoms with Crippen LogP contribution >= 0.6 is 0 Å². The van der Waals surface area contributed by atoms with Crippen molar-refractivity contribution in [1.29, 1.82) is 0 Å². The van der Waals surface area contributed by atoms with E-state index in [0.717, 1.165) is 11.1 Å². The van der Waals surface area contributed by atoms with Crippen LogP contribution in [0, 0.1) is 5.82 Å². The lowest BCUT2D eigenvalue weighted by Gasteiger charge is -2.07. The molecule has 0 spiro atoms. The summed E-state index contributed by atoms with van der Waals surface area (Å²) in [5.74, 6) is 4.99. The molecule has 0 unspecified atom stereocenters. The smallest absolute Gasteiger partial charge is 0.123 e. The zero-order valence-corrected chi connectivity index (χ0v) is 7.88. The van der Waals surface area contributed by atoms with Crippen molar-refractivity contribution >= 4 is 0 Å². The maximum atomic E-state index is 13.0. The number of rotatable bonds is 3. The van der Waals surface area contributed by atoms with Gasteiger partial charge in [-0.2, -0.15) is 0 Å². The Morgan fingerprint density at radius 3 is 2.62 bits per heavy atom. The molecule has 0 amide bonds. The van der Waals surface area contributed by atoms with Gasteiger partial charge in [0.15, 0.2) is 0 Å². The lowest BCUT2D eigenvalue weighted by atomic mass is 10.0. The third-order valence-corrected chi connectivity index (χ3v) is 1.90. The molecule has 1 rings (SSSR count). The van der Waals surface area contributed by atoms with Crippen molar-refractivity contribution in [2.45, 2.75) is 26.4 Å². The Morgan fingerprint density at radius 1 is 1.38 bits per heavy atom. The first-order chi connectivity index (χ1) is 6.13. The van der Waals surface area contributed by atoms with Crippen LogP contribution in [0.5, 0.6) is 0 Å². The molecule has 13 heavy (non-hydrogen) atoms. The van der Waals surface area contributed by atoms with Crippen molar-refractivity contribution in [3.05, 3.63) is 35.1 Å². The largest absolute Gasteiger partial charge is 0.300 e. The zero-order valence-electron chi connectivity index (χ0n) is 7.88. The summed E-state index contributed by atoms with van der Waals surface area (Å²) in [6.45, 7) is 4.28. The van der Waals surface area contributed by atoms with Crippen LogP contribution in [0.4, 0.5) is 4.39 Å². The van der Waals surface area contributed by atoms with E-state index >= 15 is 0 Å². The molecule has 0 bridgehead atoms. The first-order valence-corrected chi connectivity index (χ1v) is 4.24. The standard InChI is InChI=1S/C10H14FNO/c1-7(2)9-3-8(6-13-12)4-10(11)5-9/h3-5,7H,6,12H2,1-2H3. The van der Waals surface area contributed by atoms with Gasteiger partial charge in [0, 0.05) is 0 Å². The summed E-state index contributed by atoms with van der Waals surface area (Å²) < 4.78 is 13.0. The molecule has 3 heteroatoms. The first kappa shape index (κ1) is 10.2. The monoisotopic (exact) mass is 183 g/mol. The minimum atomic E-state index is -0.238. The van der Waals surface area contributed by atoms with Gasteiger partial charge in [-0.15, -0.1) is 0 Å². The molecule has 0 atom stereocenters. The molecular formula is C10H14FNO. The maximum Gasteiger partial charge on any atom is 0.123 e. The summed E-state index contributed by atoms with van der Waals surface area (Å²) in [6.07, 6.45) is 0. The Hall–Kier alpha value is -0.930. The first-order valence-electron chi connectivity index (χ1n) is 4.24. The van der Waals surface area contributed by atoms with Crippen LogP contribution in [0.2, 0.25) is 0 Å². The summed E-state index contributed by atoms with van der Waals surface area (Å²) in [6, 6.07) is 4.87. The molecule has 0 heterocycles. The molecule has 2 nitrogen and oxygen atoms in total. The van der Waals surface area contributed by atoms with Gasteiger partial charge in [0.2, 0.25) is 0 Å². The highest BCUT2D eigenvalue weighted by molar-refractivity contribution is 5.26. The van der Waals surface area contributed by atoms with E-state index in [2.05, 4.69) is 4.84 Å². The molecule has 0 saturated carbocycles. The highest BCUT2D eigenvalue weighted by Gasteiger charge is 2.03. The highest BCUT2D eigenvalue weighted by Crippen LogP contribution is 2.17. The molecule has 0 radical (unpaired) electrons. The second-order valence-corrected chi connectivity index (χ2v) is 3.36. The van der Waals surface area contributed by atoms with E-state index in [1.807, 2.05) is 19.9 Å². The summed E-state index contributed by atoms with van der Waals surface area (Å²) in [7, 11) is 0. The number of nitrogens with two attached hydrogens (primary N) is 1. The average Bonchev–Trinajstić information content (AvgIpc) is 2.03. The predicted octanol–water partition coefficient (Wildman–Crippen LogP) is 2.34. The molecular weight excluding hydrogens is 169 g/mol. The molecule has 0 fully saturated rings. The van der Waals surface area contributed by atoms with Crippen molar-refractivity contribution in [3.8, 4) is 0 Å². The second-order valence-electron chi connectivity index (χ2n) is 3.36. The zero-order chi connectivity index (χ0) is 9.84. The summed E-state index contributed by atoms with van der Waals surface area (Å²) in [4.78, 5) is 4.45. The van der Waals surface area contributed by atoms with E-state index in [9.17, 15) is 4.39 Å². The highest BCUT2D eigenvalue weighted by atomic mass is 19.1. The molecule has 1 aromatic rings. The van der Waals surface area contributed by atoms with E-state index in [-0.39, 0.29) is 12.4 Å². The van der Waals surface area contributed by atoms with Crippen LogP contribution in [-0.2, 0) is 11.4 Å². The number of hydrogen-bond donors (Lipinski definition) is 1. The number of hydrogen-bond acceptors (Lipinski definition) is 2. The van der Waals surface area contributed by atoms with Crippen LogP contribution in [0.3, 0.4) is 0 Å². The van der Waals surface area contributed by atoms with Crippen molar-refractivity contribution in [2.75, 3.05) is 0 Å². The van der Waals surface area contributed by atoms with Gasteiger partial charge in [0.05, 0.1) is 6.61 Å². The van der Waals surface area contributed by atoms with Gasteiger partial charge < -0.3 is 0 Å². The molecule has 2 N–H and O–H groups in total. The van der Waals surface area contributed by atoms with Crippen LogP contribution < -0.4 is 5.90 Å². The van der Waals surface area contributed by atoms with E-state index in [1.54, 1.807) is 0 Å². The summed E-state index contributed by atoms with van der Waals surface area (Å²) in [5, 5.41) is 0. The van der Waals surface area contributed by atoms with Crippen LogP contribution in [0.1, 0.15) is 30.9 Å². The van der Waals surface area contributed by atoms with Crippen molar-refractivity contribution in [2.24, 2.45) is 5.90 Å². The fraction of sp³-hybridized carbons (Fsp3) is 0.400. The molecule has 0 saturated heterocycles. The van der Waals surface area contributed by atoms with Gasteiger partial charge in [-0.3, -0.25) is 4.84 Å². The fourth-order valence-corrected chi connectivity index (χ4v) is 1.19. The lowest BCUT2D eigenvalue weighted by Crippen LogP contribution is -2.00. The Labute approximate surface area is 77.5 Å². The van der Waals surface area contributed by atoms with Gasteiger partial charge in [-0.25, -0.2) is 10.3 Å². The summed E-state index contributed by atoms with van der Waals surface area (Å²) in [5.41, 5.74) is 1.73. The van der Waals surface area contributed by atoms with Gasteiger partial charge in [-0.1, -0.05) is 19.9 Å². The molecule has 72 valence electrons. The number of halogens is 1. The normalized spacial score (nSPS) is 10.8. The molecule has 0 aliphatic carbocycles. The predicted molar refractivity (Wildman–Crippen MR) is 49.5 cm³/mol.